The molecule has 0 bridgehead atoms. The number of rotatable bonds is 7. The highest BCUT2D eigenvalue weighted by atomic mass is 14.8. The second kappa shape index (κ2) is 17.9. The molecule has 15 rings (SSSR count). The summed E-state index contributed by atoms with van der Waals surface area (Å²) >= 11 is 0. The number of aromatic nitrogens is 2. The molecule has 0 aliphatic heterocycles. The van der Waals surface area contributed by atoms with E-state index in [4.69, 9.17) is 9.97 Å². The second-order valence-electron chi connectivity index (χ2n) is 20.1. The molecule has 0 saturated heterocycles. The fourth-order valence-electron chi connectivity index (χ4n) is 11.7. The van der Waals surface area contributed by atoms with Gasteiger partial charge in [0, 0.05) is 16.3 Å². The largest absolute Gasteiger partial charge is 0.252 e. The Kier molecular flexibility index (Phi) is 10.2. The fourth-order valence-corrected chi connectivity index (χ4v) is 11.7. The maximum absolute atomic E-state index is 5.37. The van der Waals surface area contributed by atoms with Crippen molar-refractivity contribution >= 4 is 75.7 Å². The average Bonchev–Trinajstić information content (AvgIpc) is 3.57. The van der Waals surface area contributed by atoms with E-state index in [9.17, 15) is 0 Å². The van der Waals surface area contributed by atoms with Crippen molar-refractivity contribution in [2.75, 3.05) is 0 Å². The van der Waals surface area contributed by atoms with Crippen LogP contribution < -0.4 is 0 Å². The minimum Gasteiger partial charge on any atom is -0.252 e. The quantitative estimate of drug-likeness (QED) is 0.149. The molecule has 0 amide bonds. The molecule has 0 saturated carbocycles. The lowest BCUT2D eigenvalue weighted by Gasteiger charge is -2.14. The molecular weight excluding hydrogens is 917 g/mol. The number of fused-ring (bicyclic) bond motifs is 12. The molecule has 0 atom stereocenters. The van der Waals surface area contributed by atoms with Gasteiger partial charge in [-0.1, -0.05) is 224 Å². The van der Waals surface area contributed by atoms with Crippen LogP contribution in [0.3, 0.4) is 0 Å². The van der Waals surface area contributed by atoms with Crippen LogP contribution in [-0.4, -0.2) is 9.97 Å². The summed E-state index contributed by atoms with van der Waals surface area (Å²) in [5, 5.41) is 14.6. The van der Waals surface area contributed by atoms with Crippen molar-refractivity contribution in [2.24, 2.45) is 0 Å². The van der Waals surface area contributed by atoms with Crippen LogP contribution in [0.5, 0.6) is 0 Å². The SMILES string of the molecule is c1ccc(-c2cnc3c4ccc(-c5cccc(-c6cccc(-c7ccc8ccc9ccccc9c8c7)c6)c5)cc4c4cc(-c5cccc(-c6cccc(-c7ccc8ccc9ccccc9c8c7)c6)c5)ccc4c3n2)cc1. The first-order chi connectivity index (χ1) is 37.6. The average molecular weight is 963 g/mol. The highest BCUT2D eigenvalue weighted by Gasteiger charge is 2.17. The van der Waals surface area contributed by atoms with E-state index in [0.717, 1.165) is 66.1 Å². The van der Waals surface area contributed by atoms with Crippen molar-refractivity contribution < 1.29 is 0 Å². The molecular formula is C74H46N2. The van der Waals surface area contributed by atoms with Gasteiger partial charge in [-0.15, -0.1) is 0 Å². The first kappa shape index (κ1) is 43.6. The molecule has 1 aromatic heterocycles. The van der Waals surface area contributed by atoms with Gasteiger partial charge in [0.1, 0.15) is 0 Å². The number of benzene rings is 14. The van der Waals surface area contributed by atoms with Crippen LogP contribution >= 0.6 is 0 Å². The standard InChI is InChI=1S/C74H46N2/c1-2-14-51(15-3-1)72-46-75-73-66-36-34-62(58-22-10-18-54(40-58)52-16-8-20-56(38-52)60-32-30-49-28-26-47-12-4-6-24-64(47)68(49)42-60)44-70(66)71-45-63(35-37-67(71)74(73)76-72)59-23-11-19-55(41-59)53-17-9-21-57(39-53)61-33-31-50-29-27-48-13-5-7-25-65(48)69(50)43-61/h1-46H. The topological polar surface area (TPSA) is 25.8 Å². The molecule has 0 radical (unpaired) electrons. The highest BCUT2D eigenvalue weighted by Crippen LogP contribution is 2.41. The number of hydrogen-bond acceptors (Lipinski definition) is 2. The van der Waals surface area contributed by atoms with E-state index in [1.807, 2.05) is 12.3 Å². The molecule has 0 unspecified atom stereocenters. The van der Waals surface area contributed by atoms with Gasteiger partial charge in [-0.2, -0.15) is 0 Å². The van der Waals surface area contributed by atoms with Crippen LogP contribution in [0.1, 0.15) is 0 Å². The summed E-state index contributed by atoms with van der Waals surface area (Å²) in [6.45, 7) is 0. The van der Waals surface area contributed by atoms with E-state index < -0.39 is 0 Å². The summed E-state index contributed by atoms with van der Waals surface area (Å²) in [5.74, 6) is 0. The fraction of sp³-hybridized carbons (Fsp3) is 0. The molecule has 0 aliphatic rings. The van der Waals surface area contributed by atoms with Gasteiger partial charge in [0.15, 0.2) is 0 Å². The smallest absolute Gasteiger partial charge is 0.0979 e. The molecule has 2 heteroatoms. The van der Waals surface area contributed by atoms with Crippen LogP contribution in [-0.2, 0) is 0 Å². The lowest BCUT2D eigenvalue weighted by molar-refractivity contribution is 1.31. The second-order valence-corrected chi connectivity index (χ2v) is 20.1. The van der Waals surface area contributed by atoms with Gasteiger partial charge in [-0.05, 0) is 169 Å². The van der Waals surface area contributed by atoms with Gasteiger partial charge in [-0.3, -0.25) is 4.98 Å². The van der Waals surface area contributed by atoms with E-state index in [0.29, 0.717) is 0 Å². The monoisotopic (exact) mass is 962 g/mol. The lowest BCUT2D eigenvalue weighted by Crippen LogP contribution is -1.93. The molecule has 0 spiro atoms. The molecule has 1 heterocycles. The molecule has 76 heavy (non-hydrogen) atoms. The van der Waals surface area contributed by atoms with Crippen molar-refractivity contribution in [2.45, 2.75) is 0 Å². The third-order valence-corrected chi connectivity index (χ3v) is 15.6. The zero-order chi connectivity index (χ0) is 50.1. The van der Waals surface area contributed by atoms with Crippen LogP contribution in [0.2, 0.25) is 0 Å². The van der Waals surface area contributed by atoms with Gasteiger partial charge >= 0.3 is 0 Å². The van der Waals surface area contributed by atoms with E-state index in [-0.39, 0.29) is 0 Å². The van der Waals surface area contributed by atoms with Crippen molar-refractivity contribution in [1.29, 1.82) is 0 Å². The summed E-state index contributed by atoms with van der Waals surface area (Å²) in [6, 6.07) is 99.8. The minimum absolute atomic E-state index is 0.858. The van der Waals surface area contributed by atoms with Crippen molar-refractivity contribution in [3.8, 4) is 78.0 Å². The Morgan fingerprint density at radius 3 is 0.934 bits per heavy atom. The molecule has 2 nitrogen and oxygen atoms in total. The third-order valence-electron chi connectivity index (χ3n) is 15.6. The predicted octanol–water partition coefficient (Wildman–Crippen LogP) is 20.2. The van der Waals surface area contributed by atoms with Gasteiger partial charge in [0.25, 0.3) is 0 Å². The van der Waals surface area contributed by atoms with Gasteiger partial charge in [-0.25, -0.2) is 4.98 Å². The van der Waals surface area contributed by atoms with Crippen LogP contribution in [0.25, 0.3) is 154 Å². The van der Waals surface area contributed by atoms with Crippen LogP contribution in [0.4, 0.5) is 0 Å². The Bertz CT molecular complexity index is 4820. The molecule has 14 aromatic carbocycles. The maximum atomic E-state index is 5.37. The van der Waals surface area contributed by atoms with Crippen molar-refractivity contribution in [1.82, 2.24) is 9.97 Å². The highest BCUT2D eigenvalue weighted by molar-refractivity contribution is 6.24. The lowest BCUT2D eigenvalue weighted by atomic mass is 9.91. The summed E-state index contributed by atoms with van der Waals surface area (Å²) in [6.07, 6.45) is 1.92. The van der Waals surface area contributed by atoms with Gasteiger partial charge < -0.3 is 0 Å². The van der Waals surface area contributed by atoms with E-state index in [1.165, 1.54) is 87.6 Å². The van der Waals surface area contributed by atoms with Crippen LogP contribution in [0, 0.1) is 0 Å². The summed E-state index contributed by atoms with van der Waals surface area (Å²) in [7, 11) is 0. The zero-order valence-electron chi connectivity index (χ0n) is 41.5. The summed E-state index contributed by atoms with van der Waals surface area (Å²) in [4.78, 5) is 10.5. The van der Waals surface area contributed by atoms with Gasteiger partial charge in [0.2, 0.25) is 0 Å². The van der Waals surface area contributed by atoms with Crippen molar-refractivity contribution in [3.05, 3.63) is 279 Å². The number of hydrogen-bond donors (Lipinski definition) is 0. The van der Waals surface area contributed by atoms with Crippen molar-refractivity contribution in [3.63, 3.8) is 0 Å². The molecule has 0 N–H and O–H groups in total. The Hall–Kier alpha value is -10.0. The predicted molar refractivity (Wildman–Crippen MR) is 323 cm³/mol. The third kappa shape index (κ3) is 7.58. The van der Waals surface area contributed by atoms with Crippen LogP contribution in [0.15, 0.2) is 279 Å². The van der Waals surface area contributed by atoms with E-state index in [2.05, 4.69) is 267 Å². The van der Waals surface area contributed by atoms with E-state index >= 15 is 0 Å². The summed E-state index contributed by atoms with van der Waals surface area (Å²) in [5.41, 5.74) is 17.8. The maximum Gasteiger partial charge on any atom is 0.0979 e. The minimum atomic E-state index is 0.858. The van der Waals surface area contributed by atoms with Gasteiger partial charge in [0.05, 0.1) is 22.9 Å². The Morgan fingerprint density at radius 2 is 0.500 bits per heavy atom. The first-order valence-corrected chi connectivity index (χ1v) is 26.1. The Labute approximate surface area is 440 Å². The molecule has 0 aliphatic carbocycles. The Morgan fingerprint density at radius 1 is 0.184 bits per heavy atom. The molecule has 15 aromatic rings. The Balaban J connectivity index is 0.825. The molecule has 352 valence electrons. The van der Waals surface area contributed by atoms with E-state index in [1.54, 1.807) is 0 Å². The first-order valence-electron chi connectivity index (χ1n) is 26.1. The number of nitrogens with zero attached hydrogens (tertiary/aromatic N) is 2. The normalized spacial score (nSPS) is 11.7. The summed E-state index contributed by atoms with van der Waals surface area (Å²) < 4.78 is 0. The molecule has 0 fully saturated rings. The zero-order valence-corrected chi connectivity index (χ0v) is 41.5.